The zero-order valence-electron chi connectivity index (χ0n) is 20.3. The molecular weight excluding hydrogens is 519 g/mol. The van der Waals surface area contributed by atoms with Crippen LogP contribution in [-0.4, -0.2) is 50.5 Å². The van der Waals surface area contributed by atoms with Crippen molar-refractivity contribution in [1.82, 2.24) is 10.2 Å². The maximum absolute atomic E-state index is 13.4. The van der Waals surface area contributed by atoms with Crippen LogP contribution >= 0.6 is 11.6 Å². The minimum absolute atomic E-state index is 0.0736. The second-order valence-corrected chi connectivity index (χ2v) is 11.1. The Bertz CT molecular complexity index is 1190. The Balaban J connectivity index is 2.42. The van der Waals surface area contributed by atoms with Crippen LogP contribution in [0, 0.1) is 5.92 Å². The number of benzene rings is 2. The molecule has 198 valence electrons. The van der Waals surface area contributed by atoms with Gasteiger partial charge in [0.25, 0.3) is 0 Å². The topological polar surface area (TPSA) is 86.8 Å². The average molecular weight is 548 g/mol. The molecule has 0 aromatic heterocycles. The van der Waals surface area contributed by atoms with Crippen molar-refractivity contribution in [2.75, 3.05) is 23.7 Å². The zero-order chi connectivity index (χ0) is 27.3. The van der Waals surface area contributed by atoms with Crippen LogP contribution in [0.4, 0.5) is 18.9 Å². The van der Waals surface area contributed by atoms with Crippen molar-refractivity contribution in [3.8, 4) is 0 Å². The number of sulfonamides is 1. The Hall–Kier alpha value is -2.79. The van der Waals surface area contributed by atoms with Crippen molar-refractivity contribution in [2.24, 2.45) is 5.92 Å². The number of carbonyl (C=O) groups excluding carboxylic acids is 2. The van der Waals surface area contributed by atoms with E-state index in [1.807, 2.05) is 13.8 Å². The van der Waals surface area contributed by atoms with Crippen LogP contribution in [0.1, 0.15) is 31.9 Å². The molecule has 0 radical (unpaired) electrons. The smallest absolute Gasteiger partial charge is 0.354 e. The number of rotatable bonds is 10. The van der Waals surface area contributed by atoms with Gasteiger partial charge in [0.2, 0.25) is 21.8 Å². The Labute approximate surface area is 214 Å². The summed E-state index contributed by atoms with van der Waals surface area (Å²) in [6.07, 6.45) is -3.91. The van der Waals surface area contributed by atoms with Crippen LogP contribution in [0.3, 0.4) is 0 Å². The van der Waals surface area contributed by atoms with Gasteiger partial charge in [-0.1, -0.05) is 43.6 Å². The van der Waals surface area contributed by atoms with E-state index in [9.17, 15) is 31.2 Å². The first-order valence-corrected chi connectivity index (χ1v) is 13.3. The molecule has 7 nitrogen and oxygen atoms in total. The molecule has 0 aliphatic rings. The van der Waals surface area contributed by atoms with E-state index >= 15 is 0 Å². The Morgan fingerprint density at radius 3 is 2.25 bits per heavy atom. The fraction of sp³-hybridized carbons (Fsp3) is 0.417. The van der Waals surface area contributed by atoms with E-state index in [-0.39, 0.29) is 18.2 Å². The van der Waals surface area contributed by atoms with Gasteiger partial charge in [-0.25, -0.2) is 8.42 Å². The van der Waals surface area contributed by atoms with Crippen LogP contribution < -0.4 is 9.62 Å². The van der Waals surface area contributed by atoms with Gasteiger partial charge in [-0.2, -0.15) is 13.2 Å². The molecule has 1 atom stereocenters. The predicted molar refractivity (Wildman–Crippen MR) is 133 cm³/mol. The highest BCUT2D eigenvalue weighted by Gasteiger charge is 2.33. The van der Waals surface area contributed by atoms with Crippen LogP contribution in [0.2, 0.25) is 5.02 Å². The third-order valence-electron chi connectivity index (χ3n) is 5.23. The van der Waals surface area contributed by atoms with Gasteiger partial charge >= 0.3 is 6.18 Å². The van der Waals surface area contributed by atoms with Crippen LogP contribution in [0.5, 0.6) is 0 Å². The van der Waals surface area contributed by atoms with E-state index in [1.54, 1.807) is 24.3 Å². The van der Waals surface area contributed by atoms with E-state index in [0.29, 0.717) is 27.5 Å². The number of nitrogens with zero attached hydrogens (tertiary/aromatic N) is 2. The third-order valence-corrected chi connectivity index (χ3v) is 6.61. The van der Waals surface area contributed by atoms with Crippen LogP contribution in [0.15, 0.2) is 48.5 Å². The number of hydrogen-bond acceptors (Lipinski definition) is 4. The second-order valence-electron chi connectivity index (χ2n) is 8.78. The fourth-order valence-electron chi connectivity index (χ4n) is 3.32. The van der Waals surface area contributed by atoms with Crippen molar-refractivity contribution in [2.45, 2.75) is 39.5 Å². The number of anilines is 1. The molecule has 1 N–H and O–H groups in total. The summed E-state index contributed by atoms with van der Waals surface area (Å²) in [7, 11) is -4.16. The molecule has 0 heterocycles. The summed E-state index contributed by atoms with van der Waals surface area (Å²) in [4.78, 5) is 27.4. The van der Waals surface area contributed by atoms with Crippen molar-refractivity contribution in [3.05, 3.63) is 64.7 Å². The fourth-order valence-corrected chi connectivity index (χ4v) is 4.37. The molecule has 0 unspecified atom stereocenters. The van der Waals surface area contributed by atoms with E-state index in [1.165, 1.54) is 17.9 Å². The minimum Gasteiger partial charge on any atom is -0.354 e. The molecule has 0 aliphatic heterocycles. The van der Waals surface area contributed by atoms with Gasteiger partial charge in [0.1, 0.15) is 12.6 Å². The van der Waals surface area contributed by atoms with Crippen molar-refractivity contribution in [3.63, 3.8) is 0 Å². The SMILES string of the molecule is CC(C)CNC(=O)[C@@H](C)N(Cc1cccc(Cl)c1)C(=O)CN(c1cccc(C(F)(F)F)c1)S(C)(=O)=O. The molecule has 0 saturated heterocycles. The highest BCUT2D eigenvalue weighted by atomic mass is 35.5. The van der Waals surface area contributed by atoms with Crippen LogP contribution in [0.25, 0.3) is 0 Å². The maximum Gasteiger partial charge on any atom is 0.416 e. The highest BCUT2D eigenvalue weighted by molar-refractivity contribution is 7.92. The predicted octanol–water partition coefficient (Wildman–Crippen LogP) is 4.31. The number of alkyl halides is 3. The number of halogens is 4. The first-order valence-electron chi connectivity index (χ1n) is 11.1. The number of nitrogens with one attached hydrogen (secondary N) is 1. The normalized spacial score (nSPS) is 12.8. The molecule has 2 aromatic rings. The maximum atomic E-state index is 13.4. The molecule has 0 fully saturated rings. The number of amides is 2. The van der Waals surface area contributed by atoms with Crippen molar-refractivity contribution < 1.29 is 31.2 Å². The summed E-state index contributed by atoms with van der Waals surface area (Å²) in [6, 6.07) is 9.28. The lowest BCUT2D eigenvalue weighted by molar-refractivity contribution is -0.139. The monoisotopic (exact) mass is 547 g/mol. The first kappa shape index (κ1) is 29.4. The summed E-state index contributed by atoms with van der Waals surface area (Å²) in [6.45, 7) is 4.78. The largest absolute Gasteiger partial charge is 0.416 e. The highest BCUT2D eigenvalue weighted by Crippen LogP contribution is 2.32. The summed E-state index contributed by atoms with van der Waals surface area (Å²) in [5, 5.41) is 3.14. The lowest BCUT2D eigenvalue weighted by atomic mass is 10.1. The first-order chi connectivity index (χ1) is 16.6. The average Bonchev–Trinajstić information content (AvgIpc) is 2.77. The number of carbonyl (C=O) groups is 2. The molecule has 12 heteroatoms. The van der Waals surface area contributed by atoms with Gasteiger partial charge in [-0.3, -0.25) is 13.9 Å². The standard InChI is InChI=1S/C24H29ClF3N3O4S/c1-16(2)13-29-23(33)17(3)30(14-18-7-5-9-20(25)11-18)22(32)15-31(36(4,34)35)21-10-6-8-19(12-21)24(26,27)28/h5-12,16-17H,13-15H2,1-4H3,(H,29,33)/t17-/m1/s1. The van der Waals surface area contributed by atoms with Crippen LogP contribution in [-0.2, 0) is 32.3 Å². The second kappa shape index (κ2) is 12.0. The minimum atomic E-state index is -4.70. The summed E-state index contributed by atoms with van der Waals surface area (Å²) in [5.74, 6) is -1.08. The molecule has 2 amide bonds. The van der Waals surface area contributed by atoms with Gasteiger partial charge in [-0.05, 0) is 48.7 Å². The quantitative estimate of drug-likeness (QED) is 0.480. The van der Waals surface area contributed by atoms with E-state index < -0.39 is 46.2 Å². The Morgan fingerprint density at radius 1 is 1.06 bits per heavy atom. The summed E-state index contributed by atoms with van der Waals surface area (Å²) >= 11 is 6.05. The molecule has 0 bridgehead atoms. The lowest BCUT2D eigenvalue weighted by Crippen LogP contribution is -2.51. The summed E-state index contributed by atoms with van der Waals surface area (Å²) < 4.78 is 65.3. The van der Waals surface area contributed by atoms with E-state index in [0.717, 1.165) is 18.4 Å². The molecule has 0 aliphatic carbocycles. The molecule has 0 saturated carbocycles. The summed E-state index contributed by atoms with van der Waals surface area (Å²) in [5.41, 5.74) is -0.789. The van der Waals surface area contributed by atoms with E-state index in [2.05, 4.69) is 5.32 Å². The van der Waals surface area contributed by atoms with Gasteiger partial charge in [0, 0.05) is 18.1 Å². The van der Waals surface area contributed by atoms with Gasteiger partial charge in [0.05, 0.1) is 17.5 Å². The molecule has 2 aromatic carbocycles. The lowest BCUT2D eigenvalue weighted by Gasteiger charge is -2.31. The van der Waals surface area contributed by atoms with Gasteiger partial charge in [0.15, 0.2) is 0 Å². The van der Waals surface area contributed by atoms with Gasteiger partial charge < -0.3 is 10.2 Å². The Kier molecular flexibility index (Phi) is 9.78. The Morgan fingerprint density at radius 2 is 1.69 bits per heavy atom. The third kappa shape index (κ3) is 8.41. The molecular formula is C24H29ClF3N3O4S. The van der Waals surface area contributed by atoms with Crippen molar-refractivity contribution >= 4 is 39.1 Å². The molecule has 2 rings (SSSR count). The number of hydrogen-bond donors (Lipinski definition) is 1. The van der Waals surface area contributed by atoms with E-state index in [4.69, 9.17) is 11.6 Å². The molecule has 0 spiro atoms. The zero-order valence-corrected chi connectivity index (χ0v) is 21.9. The van der Waals surface area contributed by atoms with Crippen molar-refractivity contribution in [1.29, 1.82) is 0 Å². The van der Waals surface area contributed by atoms with Gasteiger partial charge in [-0.15, -0.1) is 0 Å². The molecule has 36 heavy (non-hydrogen) atoms.